The van der Waals surface area contributed by atoms with Crippen molar-refractivity contribution < 1.29 is 0 Å². The largest absolute Gasteiger partial charge is 0.382 e. The van der Waals surface area contributed by atoms with Gasteiger partial charge in [0.1, 0.15) is 17.5 Å². The van der Waals surface area contributed by atoms with E-state index in [0.717, 1.165) is 15.9 Å². The van der Waals surface area contributed by atoms with E-state index in [2.05, 4.69) is 21.4 Å². The topological polar surface area (TPSA) is 123 Å². The molecule has 0 aliphatic heterocycles. The summed E-state index contributed by atoms with van der Waals surface area (Å²) in [6.45, 7) is 12.1. The first-order valence-electron chi connectivity index (χ1n) is 10.6. The zero-order valence-electron chi connectivity index (χ0n) is 19.9. The monoisotopic (exact) mass is 461 g/mol. The van der Waals surface area contributed by atoms with Crippen molar-refractivity contribution in [2.45, 2.75) is 52.4 Å². The van der Waals surface area contributed by atoms with E-state index in [1.807, 2.05) is 65.8 Å². The molecule has 1 aromatic carbocycles. The van der Waals surface area contributed by atoms with Crippen LogP contribution in [0.15, 0.2) is 34.5 Å². The van der Waals surface area contributed by atoms with Gasteiger partial charge in [0.15, 0.2) is 11.5 Å². The van der Waals surface area contributed by atoms with E-state index in [1.165, 1.54) is 11.3 Å². The fraction of sp³-hybridized carbons (Fsp3) is 0.391. The standard InChI is InChI=1S/C23H27N9S/c1-22(2,3)17-13(12-24)20(28-27-16-18(23(4,5)6)29-31(7)19(16)25)32(30-17)21-26-14-10-8-9-11-15(14)33-21/h8-11H,25H2,1-7H3/b28-27+. The number of para-hydroxylation sites is 1. The number of fused-ring (bicyclic) bond motifs is 1. The number of azo groups is 1. The summed E-state index contributed by atoms with van der Waals surface area (Å²) in [7, 11) is 1.77. The molecule has 0 saturated heterocycles. The number of aryl methyl sites for hydroxylation is 1. The smallest absolute Gasteiger partial charge is 0.213 e. The number of nitriles is 1. The van der Waals surface area contributed by atoms with Crippen LogP contribution < -0.4 is 5.73 Å². The molecule has 3 heterocycles. The van der Waals surface area contributed by atoms with Crippen LogP contribution in [0.25, 0.3) is 15.3 Å². The van der Waals surface area contributed by atoms with Gasteiger partial charge in [-0.2, -0.15) is 20.1 Å². The summed E-state index contributed by atoms with van der Waals surface area (Å²) in [5.41, 5.74) is 8.67. The Kier molecular flexibility index (Phi) is 5.33. The lowest BCUT2D eigenvalue weighted by molar-refractivity contribution is 0.554. The van der Waals surface area contributed by atoms with Crippen LogP contribution >= 0.6 is 11.3 Å². The van der Waals surface area contributed by atoms with Gasteiger partial charge in [-0.05, 0) is 12.1 Å². The molecule has 9 nitrogen and oxygen atoms in total. The second kappa shape index (κ2) is 7.78. The molecule has 0 radical (unpaired) electrons. The van der Waals surface area contributed by atoms with Crippen LogP contribution in [-0.4, -0.2) is 24.5 Å². The summed E-state index contributed by atoms with van der Waals surface area (Å²) in [4.78, 5) is 4.71. The number of nitrogen functional groups attached to an aromatic ring is 1. The number of nitrogens with zero attached hydrogens (tertiary/aromatic N) is 8. The van der Waals surface area contributed by atoms with Gasteiger partial charge in [0.25, 0.3) is 0 Å². The second-order valence-corrected chi connectivity index (χ2v) is 11.0. The van der Waals surface area contributed by atoms with E-state index in [9.17, 15) is 5.26 Å². The fourth-order valence-electron chi connectivity index (χ4n) is 3.44. The molecular weight excluding hydrogens is 434 g/mol. The first-order valence-corrected chi connectivity index (χ1v) is 11.4. The van der Waals surface area contributed by atoms with Crippen molar-refractivity contribution in [3.8, 4) is 11.2 Å². The van der Waals surface area contributed by atoms with E-state index in [-0.39, 0.29) is 10.8 Å². The van der Waals surface area contributed by atoms with Crippen molar-refractivity contribution in [2.75, 3.05) is 5.73 Å². The Morgan fingerprint density at radius 3 is 2.27 bits per heavy atom. The van der Waals surface area contributed by atoms with Crippen molar-refractivity contribution in [3.63, 3.8) is 0 Å². The lowest BCUT2D eigenvalue weighted by Gasteiger charge is -2.15. The van der Waals surface area contributed by atoms with Gasteiger partial charge in [-0.25, -0.2) is 4.98 Å². The van der Waals surface area contributed by atoms with Crippen molar-refractivity contribution >= 4 is 38.9 Å². The summed E-state index contributed by atoms with van der Waals surface area (Å²) in [5, 5.41) is 29.0. The van der Waals surface area contributed by atoms with Crippen LogP contribution in [-0.2, 0) is 17.9 Å². The quantitative estimate of drug-likeness (QED) is 0.393. The average Bonchev–Trinajstić information content (AvgIpc) is 3.39. The minimum absolute atomic E-state index is 0.286. The molecule has 0 fully saturated rings. The first kappa shape index (κ1) is 22.6. The van der Waals surface area contributed by atoms with Crippen LogP contribution in [0.3, 0.4) is 0 Å². The van der Waals surface area contributed by atoms with Crippen molar-refractivity contribution in [1.29, 1.82) is 5.26 Å². The summed E-state index contributed by atoms with van der Waals surface area (Å²) in [5.74, 6) is 0.730. The molecular formula is C23H27N9S. The molecule has 33 heavy (non-hydrogen) atoms. The number of hydrogen-bond donors (Lipinski definition) is 1. The zero-order chi connectivity index (χ0) is 24.1. The predicted molar refractivity (Wildman–Crippen MR) is 131 cm³/mol. The maximum Gasteiger partial charge on any atom is 0.213 e. The SMILES string of the molecule is Cn1nc(C(C)(C)C)c(/N=N/c2c(C#N)c(C(C)(C)C)nn2-c2nc3ccccc3s2)c1N. The second-order valence-electron chi connectivity index (χ2n) is 9.94. The maximum atomic E-state index is 10.0. The molecule has 3 aromatic heterocycles. The van der Waals surface area contributed by atoms with Crippen molar-refractivity contribution in [2.24, 2.45) is 17.3 Å². The van der Waals surface area contributed by atoms with Crippen molar-refractivity contribution in [1.82, 2.24) is 24.5 Å². The number of nitrogens with two attached hydrogens (primary N) is 1. The lowest BCUT2D eigenvalue weighted by atomic mass is 9.90. The molecule has 2 N–H and O–H groups in total. The highest BCUT2D eigenvalue weighted by Gasteiger charge is 2.30. The van der Waals surface area contributed by atoms with E-state index in [0.29, 0.717) is 33.7 Å². The highest BCUT2D eigenvalue weighted by Crippen LogP contribution is 2.39. The van der Waals surface area contributed by atoms with E-state index < -0.39 is 0 Å². The lowest BCUT2D eigenvalue weighted by Crippen LogP contribution is -2.14. The number of hydrogen-bond acceptors (Lipinski definition) is 8. The van der Waals surface area contributed by atoms with Crippen LogP contribution in [0.5, 0.6) is 0 Å². The Balaban J connectivity index is 1.95. The van der Waals surface area contributed by atoms with Gasteiger partial charge in [-0.3, -0.25) is 4.68 Å². The minimum atomic E-state index is -0.374. The fourth-order valence-corrected chi connectivity index (χ4v) is 4.36. The van der Waals surface area contributed by atoms with Crippen LogP contribution in [0.2, 0.25) is 0 Å². The van der Waals surface area contributed by atoms with Crippen LogP contribution in [0.4, 0.5) is 17.3 Å². The Labute approximate surface area is 196 Å². The van der Waals surface area contributed by atoms with Gasteiger partial charge in [0.05, 0.1) is 21.6 Å². The molecule has 0 amide bonds. The summed E-state index contributed by atoms with van der Waals surface area (Å²) in [6.07, 6.45) is 0. The number of rotatable bonds is 3. The number of anilines is 1. The first-order chi connectivity index (χ1) is 15.4. The molecule has 4 aromatic rings. The molecule has 0 aliphatic carbocycles. The Morgan fingerprint density at radius 2 is 1.67 bits per heavy atom. The third-order valence-electron chi connectivity index (χ3n) is 5.17. The summed E-state index contributed by atoms with van der Waals surface area (Å²) >= 11 is 1.48. The number of thiazole rings is 1. The predicted octanol–water partition coefficient (Wildman–Crippen LogP) is 5.68. The van der Waals surface area contributed by atoms with E-state index >= 15 is 0 Å². The van der Waals surface area contributed by atoms with Gasteiger partial charge in [-0.15, -0.1) is 10.2 Å². The van der Waals surface area contributed by atoms with Gasteiger partial charge in [0.2, 0.25) is 5.13 Å². The Hall–Kier alpha value is -3.58. The Morgan fingerprint density at radius 1 is 1.00 bits per heavy atom. The highest BCUT2D eigenvalue weighted by atomic mass is 32.1. The molecule has 0 spiro atoms. The van der Waals surface area contributed by atoms with Crippen LogP contribution in [0, 0.1) is 11.3 Å². The molecule has 0 aliphatic rings. The highest BCUT2D eigenvalue weighted by molar-refractivity contribution is 7.20. The molecule has 170 valence electrons. The Bertz CT molecular complexity index is 1380. The summed E-state index contributed by atoms with van der Waals surface area (Å²) < 4.78 is 4.22. The zero-order valence-corrected chi connectivity index (χ0v) is 20.7. The van der Waals surface area contributed by atoms with Gasteiger partial charge >= 0.3 is 0 Å². The molecule has 4 rings (SSSR count). The third-order valence-corrected chi connectivity index (χ3v) is 6.18. The number of benzene rings is 1. The number of aromatic nitrogens is 5. The van der Waals surface area contributed by atoms with Gasteiger partial charge in [-0.1, -0.05) is 65.0 Å². The molecule has 0 saturated carbocycles. The van der Waals surface area contributed by atoms with Crippen LogP contribution in [0.1, 0.15) is 58.5 Å². The molecule has 10 heteroatoms. The van der Waals surface area contributed by atoms with Gasteiger partial charge < -0.3 is 5.73 Å². The summed E-state index contributed by atoms with van der Waals surface area (Å²) in [6, 6.07) is 10.1. The average molecular weight is 462 g/mol. The van der Waals surface area contributed by atoms with Gasteiger partial charge in [0, 0.05) is 17.9 Å². The molecule has 0 bridgehead atoms. The molecule has 0 atom stereocenters. The van der Waals surface area contributed by atoms with Crippen molar-refractivity contribution in [3.05, 3.63) is 41.2 Å². The molecule has 0 unspecified atom stereocenters. The normalized spacial score (nSPS) is 12.7. The third kappa shape index (κ3) is 4.00. The van der Waals surface area contributed by atoms with E-state index in [1.54, 1.807) is 16.4 Å². The maximum absolute atomic E-state index is 10.0. The minimum Gasteiger partial charge on any atom is -0.382 e. The van der Waals surface area contributed by atoms with E-state index in [4.69, 9.17) is 15.8 Å².